The second kappa shape index (κ2) is 5.67. The topological polar surface area (TPSA) is 12.0 Å². The Morgan fingerprint density at radius 1 is 0.950 bits per heavy atom. The van der Waals surface area contributed by atoms with Crippen LogP contribution in [0.15, 0.2) is 48.5 Å². The van der Waals surface area contributed by atoms with Crippen molar-refractivity contribution in [1.29, 1.82) is 0 Å². The Balaban J connectivity index is 2.32. The maximum Gasteiger partial charge on any atom is 0.416 e. The van der Waals surface area contributed by atoms with Crippen LogP contribution in [0.2, 0.25) is 0 Å². The molecule has 2 rings (SSSR count). The molecule has 1 atom stereocenters. The molecule has 0 aromatic heterocycles. The summed E-state index contributed by atoms with van der Waals surface area (Å²) in [6, 6.07) is 13.1. The lowest BCUT2D eigenvalue weighted by Gasteiger charge is -2.12. The highest BCUT2D eigenvalue weighted by Gasteiger charge is 2.30. The Morgan fingerprint density at radius 2 is 1.60 bits per heavy atom. The van der Waals surface area contributed by atoms with Crippen molar-refractivity contribution in [3.8, 4) is 11.1 Å². The normalized spacial score (nSPS) is 13.2. The van der Waals surface area contributed by atoms with Crippen molar-refractivity contribution < 1.29 is 13.2 Å². The van der Waals surface area contributed by atoms with Crippen LogP contribution in [-0.2, 0) is 6.18 Å². The summed E-state index contributed by atoms with van der Waals surface area (Å²) in [5.74, 6) is 0. The van der Waals surface area contributed by atoms with E-state index >= 15 is 0 Å². The molecule has 106 valence electrons. The fraction of sp³-hybridized carbons (Fsp3) is 0.250. The highest BCUT2D eigenvalue weighted by Crippen LogP contribution is 2.32. The van der Waals surface area contributed by atoms with Gasteiger partial charge in [0.15, 0.2) is 0 Å². The lowest BCUT2D eigenvalue weighted by atomic mass is 10.00. The summed E-state index contributed by atoms with van der Waals surface area (Å²) in [5, 5.41) is 3.12. The largest absolute Gasteiger partial charge is 0.416 e. The third-order valence-electron chi connectivity index (χ3n) is 3.37. The molecule has 0 heterocycles. The first-order valence-electron chi connectivity index (χ1n) is 6.36. The van der Waals surface area contributed by atoms with Gasteiger partial charge in [0, 0.05) is 6.04 Å². The summed E-state index contributed by atoms with van der Waals surface area (Å²) >= 11 is 0. The second-order valence-electron chi connectivity index (χ2n) is 4.71. The van der Waals surface area contributed by atoms with Gasteiger partial charge in [-0.15, -0.1) is 0 Å². The van der Waals surface area contributed by atoms with Crippen LogP contribution < -0.4 is 5.32 Å². The van der Waals surface area contributed by atoms with E-state index in [0.29, 0.717) is 5.56 Å². The Hall–Kier alpha value is -1.81. The molecule has 0 aliphatic rings. The molecule has 0 bridgehead atoms. The van der Waals surface area contributed by atoms with Gasteiger partial charge in [-0.05, 0) is 42.8 Å². The van der Waals surface area contributed by atoms with E-state index in [2.05, 4.69) is 5.32 Å². The maximum absolute atomic E-state index is 12.7. The molecule has 0 aliphatic heterocycles. The molecule has 0 radical (unpaired) electrons. The molecule has 1 unspecified atom stereocenters. The molecule has 0 spiro atoms. The van der Waals surface area contributed by atoms with Gasteiger partial charge in [0.25, 0.3) is 0 Å². The van der Waals surface area contributed by atoms with E-state index in [9.17, 15) is 13.2 Å². The lowest BCUT2D eigenvalue weighted by Crippen LogP contribution is -2.11. The Bertz CT molecular complexity index is 573. The fourth-order valence-corrected chi connectivity index (χ4v) is 2.01. The molecule has 0 saturated heterocycles. The fourth-order valence-electron chi connectivity index (χ4n) is 2.01. The number of benzene rings is 2. The minimum absolute atomic E-state index is 0.213. The first-order valence-corrected chi connectivity index (χ1v) is 6.36. The zero-order valence-corrected chi connectivity index (χ0v) is 11.3. The molecule has 0 saturated carbocycles. The van der Waals surface area contributed by atoms with E-state index < -0.39 is 11.7 Å². The van der Waals surface area contributed by atoms with Crippen molar-refractivity contribution in [2.45, 2.75) is 19.1 Å². The maximum atomic E-state index is 12.7. The minimum Gasteiger partial charge on any atom is -0.313 e. The summed E-state index contributed by atoms with van der Waals surface area (Å²) in [6.45, 7) is 2.03. The average Bonchev–Trinajstić information content (AvgIpc) is 2.46. The summed E-state index contributed by atoms with van der Waals surface area (Å²) < 4.78 is 38.1. The van der Waals surface area contributed by atoms with Crippen LogP contribution in [0.4, 0.5) is 13.2 Å². The summed E-state index contributed by atoms with van der Waals surface area (Å²) in [7, 11) is 1.87. The van der Waals surface area contributed by atoms with Crippen LogP contribution in [0.3, 0.4) is 0 Å². The SMILES string of the molecule is CNC(C)c1ccc(-c2cccc(C(F)(F)F)c2)cc1. The number of halogens is 3. The molecule has 2 aromatic rings. The van der Waals surface area contributed by atoms with E-state index in [-0.39, 0.29) is 6.04 Å². The van der Waals surface area contributed by atoms with Crippen LogP contribution in [0.5, 0.6) is 0 Å². The Labute approximate surface area is 116 Å². The van der Waals surface area contributed by atoms with Gasteiger partial charge < -0.3 is 5.32 Å². The van der Waals surface area contributed by atoms with E-state index in [1.165, 1.54) is 12.1 Å². The molecule has 2 aromatic carbocycles. The van der Waals surface area contributed by atoms with Crippen LogP contribution in [0.1, 0.15) is 24.1 Å². The highest BCUT2D eigenvalue weighted by atomic mass is 19.4. The standard InChI is InChI=1S/C16H16F3N/c1-11(20-2)12-6-8-13(9-7-12)14-4-3-5-15(10-14)16(17,18)19/h3-11,20H,1-2H3. The van der Waals surface area contributed by atoms with Crippen molar-refractivity contribution in [1.82, 2.24) is 5.32 Å². The number of hydrogen-bond acceptors (Lipinski definition) is 1. The number of nitrogens with one attached hydrogen (secondary N) is 1. The Kier molecular flexibility index (Phi) is 4.14. The summed E-state index contributed by atoms with van der Waals surface area (Å²) in [5.41, 5.74) is 1.83. The molecule has 4 heteroatoms. The first-order chi connectivity index (χ1) is 9.41. The highest BCUT2D eigenvalue weighted by molar-refractivity contribution is 5.64. The zero-order valence-electron chi connectivity index (χ0n) is 11.3. The van der Waals surface area contributed by atoms with Gasteiger partial charge >= 0.3 is 6.18 Å². The second-order valence-corrected chi connectivity index (χ2v) is 4.71. The van der Waals surface area contributed by atoms with Crippen molar-refractivity contribution in [3.63, 3.8) is 0 Å². The number of alkyl halides is 3. The van der Waals surface area contributed by atoms with Crippen LogP contribution in [0.25, 0.3) is 11.1 Å². The van der Waals surface area contributed by atoms with Crippen LogP contribution in [0, 0.1) is 0 Å². The smallest absolute Gasteiger partial charge is 0.313 e. The van der Waals surface area contributed by atoms with Gasteiger partial charge in [-0.25, -0.2) is 0 Å². The van der Waals surface area contributed by atoms with Crippen molar-refractivity contribution in [3.05, 3.63) is 59.7 Å². The van der Waals surface area contributed by atoms with Gasteiger partial charge in [-0.3, -0.25) is 0 Å². The molecule has 0 aliphatic carbocycles. The molecular formula is C16H16F3N. The monoisotopic (exact) mass is 279 g/mol. The third-order valence-corrected chi connectivity index (χ3v) is 3.37. The van der Waals surface area contributed by atoms with Crippen LogP contribution in [-0.4, -0.2) is 7.05 Å². The molecule has 1 nitrogen and oxygen atoms in total. The van der Waals surface area contributed by atoms with Gasteiger partial charge in [0.05, 0.1) is 5.56 Å². The molecule has 0 amide bonds. The van der Waals surface area contributed by atoms with Gasteiger partial charge in [-0.2, -0.15) is 13.2 Å². The lowest BCUT2D eigenvalue weighted by molar-refractivity contribution is -0.137. The van der Waals surface area contributed by atoms with Crippen molar-refractivity contribution >= 4 is 0 Å². The Morgan fingerprint density at radius 3 is 2.15 bits per heavy atom. The minimum atomic E-state index is -4.31. The van der Waals surface area contributed by atoms with Crippen molar-refractivity contribution in [2.75, 3.05) is 7.05 Å². The number of hydrogen-bond donors (Lipinski definition) is 1. The van der Waals surface area contributed by atoms with Gasteiger partial charge in [0.1, 0.15) is 0 Å². The van der Waals surface area contributed by atoms with E-state index in [0.717, 1.165) is 17.2 Å². The third kappa shape index (κ3) is 3.20. The summed E-state index contributed by atoms with van der Waals surface area (Å²) in [4.78, 5) is 0. The van der Waals surface area contributed by atoms with Gasteiger partial charge in [0.2, 0.25) is 0 Å². The molecular weight excluding hydrogens is 263 g/mol. The predicted octanol–water partition coefficient (Wildman–Crippen LogP) is 4.65. The van der Waals surface area contributed by atoms with Crippen molar-refractivity contribution in [2.24, 2.45) is 0 Å². The summed E-state index contributed by atoms with van der Waals surface area (Å²) in [6.07, 6.45) is -4.31. The first kappa shape index (κ1) is 14.6. The van der Waals surface area contributed by atoms with Gasteiger partial charge in [-0.1, -0.05) is 36.4 Å². The number of rotatable bonds is 3. The van der Waals surface area contributed by atoms with Crippen LogP contribution >= 0.6 is 0 Å². The molecule has 1 N–H and O–H groups in total. The zero-order chi connectivity index (χ0) is 14.8. The molecule has 20 heavy (non-hydrogen) atoms. The average molecular weight is 279 g/mol. The molecule has 0 fully saturated rings. The van der Waals surface area contributed by atoms with E-state index in [1.807, 2.05) is 38.2 Å². The van der Waals surface area contributed by atoms with E-state index in [4.69, 9.17) is 0 Å². The van der Waals surface area contributed by atoms with E-state index in [1.54, 1.807) is 6.07 Å². The predicted molar refractivity (Wildman–Crippen MR) is 74.4 cm³/mol. The quantitative estimate of drug-likeness (QED) is 0.862.